The summed E-state index contributed by atoms with van der Waals surface area (Å²) in [5.41, 5.74) is 1.75. The normalized spacial score (nSPS) is 20.2. The molecule has 2 aliphatic heterocycles. The summed E-state index contributed by atoms with van der Waals surface area (Å²) in [4.78, 5) is 45.0. The molecule has 212 valence electrons. The first kappa shape index (κ1) is 27.8. The number of amides is 2. The van der Waals surface area contributed by atoms with Gasteiger partial charge in [-0.25, -0.2) is 13.2 Å². The molecular formula is C28H32N4O7S. The lowest BCUT2D eigenvalue weighted by Gasteiger charge is -2.28. The third-order valence-corrected chi connectivity index (χ3v) is 9.18. The summed E-state index contributed by atoms with van der Waals surface area (Å²) in [7, 11) is -3.82. The Kier molecular flexibility index (Phi) is 7.65. The number of aromatic nitrogens is 1. The third-order valence-electron chi connectivity index (χ3n) is 7.37. The molecule has 3 aromatic rings. The highest BCUT2D eigenvalue weighted by atomic mass is 32.2. The summed E-state index contributed by atoms with van der Waals surface area (Å²) in [5, 5.41) is 3.46. The Morgan fingerprint density at radius 3 is 2.67 bits per heavy atom. The van der Waals surface area contributed by atoms with Crippen molar-refractivity contribution < 1.29 is 32.0 Å². The Morgan fingerprint density at radius 1 is 1.20 bits per heavy atom. The number of Topliss-reactive ketones (excluding diaryl/α,β-unsaturated/α-hetero) is 1. The molecule has 2 saturated heterocycles. The van der Waals surface area contributed by atoms with Crippen LogP contribution in [0.25, 0.3) is 11.0 Å². The van der Waals surface area contributed by atoms with Crippen LogP contribution in [-0.2, 0) is 25.4 Å². The number of pyridine rings is 1. The molecule has 2 aliphatic rings. The molecule has 0 saturated carbocycles. The molecule has 2 fully saturated rings. The van der Waals surface area contributed by atoms with Gasteiger partial charge in [-0.3, -0.25) is 14.6 Å². The van der Waals surface area contributed by atoms with E-state index in [0.29, 0.717) is 29.6 Å². The van der Waals surface area contributed by atoms with E-state index in [9.17, 15) is 22.8 Å². The van der Waals surface area contributed by atoms with Crippen LogP contribution in [0.4, 0.5) is 4.79 Å². The predicted octanol–water partition coefficient (Wildman–Crippen LogP) is 3.02. The second kappa shape index (κ2) is 11.0. The van der Waals surface area contributed by atoms with Crippen LogP contribution in [-0.4, -0.2) is 71.6 Å². The van der Waals surface area contributed by atoms with E-state index >= 15 is 0 Å². The molecular weight excluding hydrogens is 536 g/mol. The number of hydrogen-bond donors (Lipinski definition) is 1. The van der Waals surface area contributed by atoms with Crippen molar-refractivity contribution in [3.05, 3.63) is 59.9 Å². The molecule has 11 nitrogen and oxygen atoms in total. The molecule has 0 aliphatic carbocycles. The van der Waals surface area contributed by atoms with E-state index in [2.05, 4.69) is 10.3 Å². The van der Waals surface area contributed by atoms with E-state index in [1.807, 2.05) is 32.0 Å². The number of ether oxygens (including phenoxy) is 1. The zero-order valence-electron chi connectivity index (χ0n) is 22.6. The van der Waals surface area contributed by atoms with Gasteiger partial charge in [0.15, 0.2) is 5.78 Å². The van der Waals surface area contributed by atoms with Crippen LogP contribution in [0.1, 0.15) is 37.8 Å². The number of likely N-dealkylation sites (tertiary alicyclic amines) is 1. The Balaban J connectivity index is 1.30. The Bertz CT molecular complexity index is 1540. The van der Waals surface area contributed by atoms with Gasteiger partial charge in [0.2, 0.25) is 15.9 Å². The van der Waals surface area contributed by atoms with Gasteiger partial charge in [-0.05, 0) is 43.4 Å². The van der Waals surface area contributed by atoms with Crippen LogP contribution >= 0.6 is 0 Å². The number of nitrogens with one attached hydrogen (secondary N) is 1. The minimum absolute atomic E-state index is 0.0381. The number of para-hydroxylation sites is 1. The molecule has 40 heavy (non-hydrogen) atoms. The van der Waals surface area contributed by atoms with Crippen molar-refractivity contribution in [1.29, 1.82) is 0 Å². The topological polar surface area (TPSA) is 139 Å². The van der Waals surface area contributed by atoms with E-state index in [4.69, 9.17) is 9.15 Å². The van der Waals surface area contributed by atoms with E-state index < -0.39 is 40.1 Å². The summed E-state index contributed by atoms with van der Waals surface area (Å²) in [6, 6.07) is 8.08. The first-order valence-corrected chi connectivity index (χ1v) is 14.8. The van der Waals surface area contributed by atoms with Gasteiger partial charge in [-0.1, -0.05) is 38.1 Å². The summed E-state index contributed by atoms with van der Waals surface area (Å²) in [5.74, 6) is -0.989. The van der Waals surface area contributed by atoms with Crippen LogP contribution in [0.3, 0.4) is 0 Å². The van der Waals surface area contributed by atoms with Crippen molar-refractivity contribution in [1.82, 2.24) is 19.5 Å². The zero-order chi connectivity index (χ0) is 28.6. The average molecular weight is 569 g/mol. The molecule has 0 radical (unpaired) electrons. The number of aryl methyl sites for hydroxylation is 1. The maximum atomic E-state index is 13.7. The number of fused-ring (bicyclic) bond motifs is 2. The van der Waals surface area contributed by atoms with Gasteiger partial charge in [0.1, 0.15) is 17.7 Å². The molecule has 1 aromatic carbocycles. The standard InChI is InChI=1S/C28H32N4O7S/c1-17(2)13-21(30-28(35)39-27-18(3)20-8-4-5-9-24(20)38-27)26(34)31-12-10-22-25(31)23(33)15-32(22)40(36,37)16-19-7-6-11-29-14-19/h4-9,11,14,17,21-22,25H,10,12-13,15-16H2,1-3H3,(H,30,35). The maximum Gasteiger partial charge on any atom is 0.415 e. The monoisotopic (exact) mass is 568 g/mol. The Hall–Kier alpha value is -3.77. The molecule has 12 heteroatoms. The quantitative estimate of drug-likeness (QED) is 0.438. The summed E-state index contributed by atoms with van der Waals surface area (Å²) in [6.45, 7) is 5.51. The third kappa shape index (κ3) is 5.46. The highest BCUT2D eigenvalue weighted by Crippen LogP contribution is 2.34. The smallest absolute Gasteiger partial charge is 0.415 e. The number of benzene rings is 1. The summed E-state index contributed by atoms with van der Waals surface area (Å²) in [6.07, 6.45) is 2.81. The molecule has 0 bridgehead atoms. The number of ketones is 1. The molecule has 3 unspecified atom stereocenters. The minimum atomic E-state index is -3.82. The van der Waals surface area contributed by atoms with Crippen LogP contribution in [0.2, 0.25) is 0 Å². The second-order valence-corrected chi connectivity index (χ2v) is 12.6. The number of carbonyl (C=O) groups is 3. The molecule has 0 spiro atoms. The van der Waals surface area contributed by atoms with Crippen molar-refractivity contribution in [2.75, 3.05) is 13.1 Å². The number of rotatable bonds is 8. The van der Waals surface area contributed by atoms with Gasteiger partial charge in [0.25, 0.3) is 5.95 Å². The van der Waals surface area contributed by atoms with E-state index in [-0.39, 0.29) is 36.5 Å². The lowest BCUT2D eigenvalue weighted by Crippen LogP contribution is -2.53. The van der Waals surface area contributed by atoms with Gasteiger partial charge >= 0.3 is 6.09 Å². The van der Waals surface area contributed by atoms with Crippen molar-refractivity contribution >= 4 is 38.8 Å². The van der Waals surface area contributed by atoms with Crippen LogP contribution in [0.5, 0.6) is 5.95 Å². The van der Waals surface area contributed by atoms with Crippen molar-refractivity contribution in [2.45, 2.75) is 57.5 Å². The van der Waals surface area contributed by atoms with Gasteiger partial charge in [0.05, 0.1) is 18.3 Å². The minimum Gasteiger partial charge on any atom is -0.425 e. The van der Waals surface area contributed by atoms with E-state index in [0.717, 1.165) is 5.39 Å². The number of sulfonamides is 1. The highest BCUT2D eigenvalue weighted by molar-refractivity contribution is 7.88. The lowest BCUT2D eigenvalue weighted by molar-refractivity contribution is -0.138. The second-order valence-electron chi connectivity index (χ2n) is 10.7. The van der Waals surface area contributed by atoms with Gasteiger partial charge in [-0.2, -0.15) is 4.31 Å². The average Bonchev–Trinajstić information content (AvgIpc) is 3.57. The number of carbonyl (C=O) groups excluding carboxylic acids is 3. The number of nitrogens with zero attached hydrogens (tertiary/aromatic N) is 3. The van der Waals surface area contributed by atoms with Gasteiger partial charge in [-0.15, -0.1) is 0 Å². The molecule has 3 atom stereocenters. The zero-order valence-corrected chi connectivity index (χ0v) is 23.4. The van der Waals surface area contributed by atoms with Crippen molar-refractivity contribution in [2.24, 2.45) is 5.92 Å². The molecule has 1 N–H and O–H groups in total. The fourth-order valence-electron chi connectivity index (χ4n) is 5.56. The number of furan rings is 1. The maximum absolute atomic E-state index is 13.7. The largest absolute Gasteiger partial charge is 0.425 e. The highest BCUT2D eigenvalue weighted by Gasteiger charge is 2.54. The van der Waals surface area contributed by atoms with Gasteiger partial charge in [0, 0.05) is 29.9 Å². The SMILES string of the molecule is Cc1c(OC(=O)NC(CC(C)C)C(=O)N2CCC3C2C(=O)CN3S(=O)(=O)Cc2cccnc2)oc2ccccc12. The fraction of sp³-hybridized carbons (Fsp3) is 0.429. The summed E-state index contributed by atoms with van der Waals surface area (Å²) < 4.78 is 38.7. The van der Waals surface area contributed by atoms with Crippen molar-refractivity contribution in [3.63, 3.8) is 0 Å². The van der Waals surface area contributed by atoms with Gasteiger partial charge < -0.3 is 19.4 Å². The van der Waals surface area contributed by atoms with Crippen LogP contribution in [0.15, 0.2) is 53.2 Å². The molecule has 2 amide bonds. The van der Waals surface area contributed by atoms with Crippen molar-refractivity contribution in [3.8, 4) is 5.95 Å². The Morgan fingerprint density at radius 2 is 1.98 bits per heavy atom. The fourth-order valence-corrected chi connectivity index (χ4v) is 7.27. The predicted molar refractivity (Wildman–Crippen MR) is 146 cm³/mol. The van der Waals surface area contributed by atoms with Crippen LogP contribution < -0.4 is 10.1 Å². The van der Waals surface area contributed by atoms with E-state index in [1.54, 1.807) is 31.3 Å². The first-order chi connectivity index (χ1) is 19.0. The Labute approximate surface area is 232 Å². The van der Waals surface area contributed by atoms with Crippen LogP contribution in [0, 0.1) is 12.8 Å². The van der Waals surface area contributed by atoms with E-state index in [1.165, 1.54) is 15.4 Å². The lowest BCUT2D eigenvalue weighted by atomic mass is 10.0. The molecule has 2 aromatic heterocycles. The molecule has 4 heterocycles. The molecule has 5 rings (SSSR count). The first-order valence-electron chi connectivity index (χ1n) is 13.2. The number of hydrogen-bond acceptors (Lipinski definition) is 8. The summed E-state index contributed by atoms with van der Waals surface area (Å²) >= 11 is 0.